The number of H-pyrrole nitrogens is 1. The molecule has 1 aromatic carbocycles. The molecule has 4 nitrogen and oxygen atoms in total. The van der Waals surface area contributed by atoms with Crippen molar-refractivity contribution in [2.75, 3.05) is 5.75 Å². The molecule has 0 bridgehead atoms. The van der Waals surface area contributed by atoms with Crippen molar-refractivity contribution in [3.8, 4) is 0 Å². The van der Waals surface area contributed by atoms with Gasteiger partial charge in [-0.05, 0) is 13.0 Å². The monoisotopic (exact) mass is 260 g/mol. The van der Waals surface area contributed by atoms with E-state index in [0.717, 1.165) is 5.56 Å². The van der Waals surface area contributed by atoms with Crippen LogP contribution in [0, 0.1) is 6.92 Å². The molecule has 0 unspecified atom stereocenters. The highest BCUT2D eigenvalue weighted by molar-refractivity contribution is 7.99. The molecule has 0 aliphatic rings. The molecule has 2 rings (SSSR count). The molecule has 18 heavy (non-hydrogen) atoms. The SMILES string of the molecule is Cc1cccc(C(=O)CSc2nccc(=O)[nH]2)c1. The number of nitrogens with one attached hydrogen (secondary N) is 1. The van der Waals surface area contributed by atoms with Gasteiger partial charge in [0.2, 0.25) is 0 Å². The predicted octanol–water partition coefficient (Wildman–Crippen LogP) is 2.05. The molecule has 0 saturated carbocycles. The molecule has 0 saturated heterocycles. The minimum atomic E-state index is -0.212. The zero-order chi connectivity index (χ0) is 13.0. The number of thioether (sulfide) groups is 1. The van der Waals surface area contributed by atoms with E-state index >= 15 is 0 Å². The quantitative estimate of drug-likeness (QED) is 0.519. The number of hydrogen-bond acceptors (Lipinski definition) is 4. The van der Waals surface area contributed by atoms with Crippen molar-refractivity contribution in [1.29, 1.82) is 0 Å². The molecule has 0 radical (unpaired) electrons. The van der Waals surface area contributed by atoms with Gasteiger partial charge in [-0.25, -0.2) is 4.98 Å². The maximum absolute atomic E-state index is 11.9. The van der Waals surface area contributed by atoms with Crippen molar-refractivity contribution in [3.05, 3.63) is 58.0 Å². The fourth-order valence-corrected chi connectivity index (χ4v) is 2.20. The summed E-state index contributed by atoms with van der Waals surface area (Å²) in [6, 6.07) is 8.78. The number of hydrogen-bond donors (Lipinski definition) is 1. The first-order valence-electron chi connectivity index (χ1n) is 5.43. The zero-order valence-corrected chi connectivity index (χ0v) is 10.7. The smallest absolute Gasteiger partial charge is 0.251 e. The van der Waals surface area contributed by atoms with E-state index in [9.17, 15) is 9.59 Å². The normalized spacial score (nSPS) is 10.3. The van der Waals surface area contributed by atoms with Gasteiger partial charge in [0.15, 0.2) is 10.9 Å². The van der Waals surface area contributed by atoms with E-state index < -0.39 is 0 Å². The first kappa shape index (κ1) is 12.6. The fourth-order valence-electron chi connectivity index (χ4n) is 1.46. The highest BCUT2D eigenvalue weighted by Crippen LogP contribution is 2.13. The number of aromatic amines is 1. The second kappa shape index (κ2) is 5.64. The lowest BCUT2D eigenvalue weighted by Crippen LogP contribution is -2.08. The largest absolute Gasteiger partial charge is 0.301 e. The summed E-state index contributed by atoms with van der Waals surface area (Å²) in [4.78, 5) is 29.5. The van der Waals surface area contributed by atoms with Crippen LogP contribution in [0.2, 0.25) is 0 Å². The summed E-state index contributed by atoms with van der Waals surface area (Å²) in [5.41, 5.74) is 1.52. The number of Topliss-reactive ketones (excluding diaryl/α,β-unsaturated/α-hetero) is 1. The number of carbonyl (C=O) groups is 1. The van der Waals surface area contributed by atoms with Gasteiger partial charge in [-0.2, -0.15) is 0 Å². The van der Waals surface area contributed by atoms with Crippen LogP contribution in [0.15, 0.2) is 46.5 Å². The number of rotatable bonds is 4. The first-order valence-corrected chi connectivity index (χ1v) is 6.42. The van der Waals surface area contributed by atoms with Crippen LogP contribution in [0.3, 0.4) is 0 Å². The molecule has 5 heteroatoms. The predicted molar refractivity (Wildman–Crippen MR) is 71.1 cm³/mol. The molecule has 1 heterocycles. The summed E-state index contributed by atoms with van der Waals surface area (Å²) in [5, 5.41) is 0.462. The van der Waals surface area contributed by atoms with E-state index in [4.69, 9.17) is 0 Å². The lowest BCUT2D eigenvalue weighted by molar-refractivity contribution is 0.102. The third-order valence-electron chi connectivity index (χ3n) is 2.33. The van der Waals surface area contributed by atoms with Crippen molar-refractivity contribution >= 4 is 17.5 Å². The van der Waals surface area contributed by atoms with Gasteiger partial charge in [0.1, 0.15) is 0 Å². The lowest BCUT2D eigenvalue weighted by Gasteiger charge is -2.01. The zero-order valence-electron chi connectivity index (χ0n) is 9.84. The number of ketones is 1. The van der Waals surface area contributed by atoms with Crippen LogP contribution < -0.4 is 5.56 Å². The summed E-state index contributed by atoms with van der Waals surface area (Å²) < 4.78 is 0. The Balaban J connectivity index is 2.03. The number of nitrogens with zero attached hydrogens (tertiary/aromatic N) is 1. The Morgan fingerprint density at radius 1 is 1.39 bits per heavy atom. The maximum atomic E-state index is 11.9. The van der Waals surface area contributed by atoms with E-state index in [1.807, 2.05) is 25.1 Å². The molecular formula is C13H12N2O2S. The molecule has 0 aliphatic heterocycles. The van der Waals surface area contributed by atoms with Gasteiger partial charge >= 0.3 is 0 Å². The number of aromatic nitrogens is 2. The maximum Gasteiger partial charge on any atom is 0.251 e. The molecule has 0 spiro atoms. The minimum absolute atomic E-state index is 0.0233. The Hall–Kier alpha value is -1.88. The summed E-state index contributed by atoms with van der Waals surface area (Å²) in [7, 11) is 0. The van der Waals surface area contributed by atoms with Crippen LogP contribution in [0.1, 0.15) is 15.9 Å². The Morgan fingerprint density at radius 3 is 2.94 bits per heavy atom. The number of carbonyl (C=O) groups excluding carboxylic acids is 1. The Bertz CT molecular complexity index is 622. The van der Waals surface area contributed by atoms with Crippen molar-refractivity contribution in [2.24, 2.45) is 0 Å². The van der Waals surface area contributed by atoms with Gasteiger partial charge in [-0.3, -0.25) is 9.59 Å². The second-order valence-electron chi connectivity index (χ2n) is 3.82. The highest BCUT2D eigenvalue weighted by Gasteiger charge is 2.07. The molecule has 2 aromatic rings. The molecule has 0 aliphatic carbocycles. The van der Waals surface area contributed by atoms with Crippen LogP contribution in [0.5, 0.6) is 0 Å². The number of benzene rings is 1. The standard InChI is InChI=1S/C13H12N2O2S/c1-9-3-2-4-10(7-9)11(16)8-18-13-14-6-5-12(17)15-13/h2-7H,8H2,1H3,(H,14,15,17). The second-order valence-corrected chi connectivity index (χ2v) is 4.78. The van der Waals surface area contributed by atoms with E-state index in [0.29, 0.717) is 10.7 Å². The van der Waals surface area contributed by atoms with Crippen molar-refractivity contribution in [2.45, 2.75) is 12.1 Å². The first-order chi connectivity index (χ1) is 8.65. The molecular weight excluding hydrogens is 248 g/mol. The van der Waals surface area contributed by atoms with Gasteiger partial charge in [0.05, 0.1) is 5.75 Å². The summed E-state index contributed by atoms with van der Waals surface area (Å²) in [5.74, 6) is 0.284. The van der Waals surface area contributed by atoms with Crippen LogP contribution >= 0.6 is 11.8 Å². The number of aryl methyl sites for hydroxylation is 1. The average Bonchev–Trinajstić information content (AvgIpc) is 2.36. The van der Waals surface area contributed by atoms with Gasteiger partial charge < -0.3 is 4.98 Å². The Morgan fingerprint density at radius 2 is 2.22 bits per heavy atom. The van der Waals surface area contributed by atoms with Crippen LogP contribution in [0.25, 0.3) is 0 Å². The molecule has 92 valence electrons. The van der Waals surface area contributed by atoms with Crippen molar-refractivity contribution < 1.29 is 4.79 Å². The highest BCUT2D eigenvalue weighted by atomic mass is 32.2. The molecule has 0 fully saturated rings. The summed E-state index contributed by atoms with van der Waals surface area (Å²) in [6.45, 7) is 1.94. The van der Waals surface area contributed by atoms with E-state index in [2.05, 4.69) is 9.97 Å². The molecule has 0 atom stereocenters. The Labute approximate surface area is 108 Å². The third-order valence-corrected chi connectivity index (χ3v) is 3.22. The van der Waals surface area contributed by atoms with Gasteiger partial charge in [0, 0.05) is 17.8 Å². The van der Waals surface area contributed by atoms with E-state index in [-0.39, 0.29) is 17.1 Å². The average molecular weight is 260 g/mol. The van der Waals surface area contributed by atoms with Gasteiger partial charge in [-0.15, -0.1) is 0 Å². The third kappa shape index (κ3) is 3.30. The molecule has 1 N–H and O–H groups in total. The van der Waals surface area contributed by atoms with E-state index in [1.165, 1.54) is 24.0 Å². The van der Waals surface area contributed by atoms with Crippen LogP contribution in [0.4, 0.5) is 0 Å². The van der Waals surface area contributed by atoms with Crippen LogP contribution in [-0.4, -0.2) is 21.5 Å². The minimum Gasteiger partial charge on any atom is -0.301 e. The molecule has 1 aromatic heterocycles. The van der Waals surface area contributed by atoms with Crippen molar-refractivity contribution in [3.63, 3.8) is 0 Å². The van der Waals surface area contributed by atoms with Crippen LogP contribution in [-0.2, 0) is 0 Å². The molecule has 0 amide bonds. The van der Waals surface area contributed by atoms with Gasteiger partial charge in [0.25, 0.3) is 5.56 Å². The van der Waals surface area contributed by atoms with Crippen molar-refractivity contribution in [1.82, 2.24) is 9.97 Å². The van der Waals surface area contributed by atoms with Gasteiger partial charge in [-0.1, -0.05) is 35.5 Å². The summed E-state index contributed by atoms with van der Waals surface area (Å²) >= 11 is 1.23. The topological polar surface area (TPSA) is 62.8 Å². The summed E-state index contributed by atoms with van der Waals surface area (Å²) in [6.07, 6.45) is 1.43. The Kier molecular flexibility index (Phi) is 3.94. The fraction of sp³-hybridized carbons (Fsp3) is 0.154. The lowest BCUT2D eigenvalue weighted by atomic mass is 10.1. The van der Waals surface area contributed by atoms with E-state index in [1.54, 1.807) is 6.07 Å².